The van der Waals surface area contributed by atoms with Gasteiger partial charge in [0.15, 0.2) is 0 Å². The molecule has 0 saturated heterocycles. The van der Waals surface area contributed by atoms with Crippen molar-refractivity contribution in [3.8, 4) is 22.8 Å². The summed E-state index contributed by atoms with van der Waals surface area (Å²) in [6.45, 7) is 10.3. The van der Waals surface area contributed by atoms with Crippen LogP contribution in [0.15, 0.2) is 35.0 Å². The van der Waals surface area contributed by atoms with Gasteiger partial charge in [0.1, 0.15) is 18.0 Å². The third-order valence-electron chi connectivity index (χ3n) is 6.07. The van der Waals surface area contributed by atoms with E-state index in [4.69, 9.17) is 14.7 Å². The number of nitrogens with zero attached hydrogens (tertiary/aromatic N) is 4. The number of rotatable bonds is 7. The zero-order valence-corrected chi connectivity index (χ0v) is 23.0. The summed E-state index contributed by atoms with van der Waals surface area (Å²) in [6, 6.07) is 8.00. The lowest BCUT2D eigenvalue weighted by atomic mass is 10.00. The van der Waals surface area contributed by atoms with Gasteiger partial charge in [0.05, 0.1) is 5.56 Å². The van der Waals surface area contributed by atoms with Gasteiger partial charge >= 0.3 is 6.09 Å². The van der Waals surface area contributed by atoms with Crippen LogP contribution in [-0.2, 0) is 22.4 Å². The van der Waals surface area contributed by atoms with Crippen LogP contribution in [0.1, 0.15) is 51.3 Å². The molecule has 4 rings (SSSR count). The highest BCUT2D eigenvalue weighted by Crippen LogP contribution is 2.27. The number of fused-ring (bicyclic) bond motifs is 1. The Labute approximate surface area is 227 Å². The van der Waals surface area contributed by atoms with Crippen LogP contribution in [0.5, 0.6) is 0 Å². The van der Waals surface area contributed by atoms with E-state index in [1.807, 2.05) is 32.0 Å². The minimum atomic E-state index is -0.621. The number of anilines is 1. The Kier molecular flexibility index (Phi) is 8.27. The second-order valence-electron chi connectivity index (χ2n) is 10.7. The Hall–Kier alpha value is -4.28. The van der Waals surface area contributed by atoms with Crippen LogP contribution in [-0.4, -0.2) is 69.5 Å². The van der Waals surface area contributed by atoms with Crippen LogP contribution in [0.2, 0.25) is 0 Å². The topological polar surface area (TPSA) is 146 Å². The lowest BCUT2D eigenvalue weighted by Gasteiger charge is -2.22. The first-order valence-corrected chi connectivity index (χ1v) is 13.0. The van der Waals surface area contributed by atoms with Crippen molar-refractivity contribution >= 4 is 24.0 Å². The molecule has 39 heavy (non-hydrogen) atoms. The van der Waals surface area contributed by atoms with Gasteiger partial charge in [-0.2, -0.15) is 4.98 Å². The van der Waals surface area contributed by atoms with E-state index in [0.717, 1.165) is 16.7 Å². The van der Waals surface area contributed by atoms with Crippen LogP contribution in [0.4, 0.5) is 10.6 Å². The molecule has 11 heteroatoms. The first-order valence-electron chi connectivity index (χ1n) is 13.0. The number of pyridine rings is 1. The van der Waals surface area contributed by atoms with Crippen molar-refractivity contribution in [1.82, 2.24) is 25.3 Å². The molecule has 2 aromatic heterocycles. The Balaban J connectivity index is 1.42. The summed E-state index contributed by atoms with van der Waals surface area (Å²) in [6.07, 6.45) is 3.66. The van der Waals surface area contributed by atoms with Crippen LogP contribution >= 0.6 is 0 Å². The molecule has 3 aromatic rings. The van der Waals surface area contributed by atoms with Crippen molar-refractivity contribution in [2.75, 3.05) is 25.0 Å². The fourth-order valence-corrected chi connectivity index (χ4v) is 4.25. The zero-order valence-electron chi connectivity index (χ0n) is 23.0. The summed E-state index contributed by atoms with van der Waals surface area (Å²) in [5.74, 6) is 1.25. The van der Waals surface area contributed by atoms with E-state index in [2.05, 4.69) is 25.8 Å². The maximum absolute atomic E-state index is 12.7. The van der Waals surface area contributed by atoms with Gasteiger partial charge in [-0.1, -0.05) is 17.3 Å². The van der Waals surface area contributed by atoms with Gasteiger partial charge < -0.3 is 30.2 Å². The van der Waals surface area contributed by atoms with Crippen LogP contribution in [0, 0.1) is 5.41 Å². The van der Waals surface area contributed by atoms with E-state index in [-0.39, 0.29) is 18.5 Å². The van der Waals surface area contributed by atoms with Gasteiger partial charge in [-0.15, -0.1) is 0 Å². The third-order valence-corrected chi connectivity index (χ3v) is 6.07. The molecular weight excluding hydrogens is 498 g/mol. The maximum atomic E-state index is 12.7. The van der Waals surface area contributed by atoms with Crippen molar-refractivity contribution in [2.24, 2.45) is 0 Å². The van der Waals surface area contributed by atoms with E-state index >= 15 is 0 Å². The summed E-state index contributed by atoms with van der Waals surface area (Å²) >= 11 is 0. The highest BCUT2D eigenvalue weighted by Gasteiger charge is 2.22. The monoisotopic (exact) mass is 533 g/mol. The number of benzene rings is 1. The van der Waals surface area contributed by atoms with Crippen molar-refractivity contribution in [1.29, 1.82) is 5.41 Å². The number of alkyl carbamates (subject to hydrolysis) is 1. The number of nitrogens with one attached hydrogen (secondary N) is 3. The molecule has 0 radical (unpaired) electrons. The summed E-state index contributed by atoms with van der Waals surface area (Å²) in [7, 11) is 0. The van der Waals surface area contributed by atoms with Gasteiger partial charge in [-0.25, -0.2) is 9.78 Å². The summed E-state index contributed by atoms with van der Waals surface area (Å²) in [5, 5.41) is 17.7. The molecule has 11 nitrogen and oxygen atoms in total. The van der Waals surface area contributed by atoms with Gasteiger partial charge in [0.2, 0.25) is 11.7 Å². The summed E-state index contributed by atoms with van der Waals surface area (Å²) in [5.41, 5.74) is 3.73. The SMILES string of the molecule is CC(C)Nc1ncc(-c2nc(-c3ccc4c(c3)CCN(C(=O)CNC(=O)OC(C)(C)C)CC4)no2)cc1C=N. The predicted octanol–water partition coefficient (Wildman–Crippen LogP) is 4.07. The second-order valence-corrected chi connectivity index (χ2v) is 10.7. The number of amides is 2. The van der Waals surface area contributed by atoms with E-state index in [1.165, 1.54) is 6.21 Å². The molecule has 0 spiro atoms. The number of hydrogen-bond acceptors (Lipinski definition) is 9. The zero-order chi connectivity index (χ0) is 28.2. The maximum Gasteiger partial charge on any atom is 0.408 e. The van der Waals surface area contributed by atoms with E-state index in [0.29, 0.717) is 54.6 Å². The number of hydrogen-bond donors (Lipinski definition) is 3. The highest BCUT2D eigenvalue weighted by atomic mass is 16.6. The largest absolute Gasteiger partial charge is 0.444 e. The Morgan fingerprint density at radius 2 is 1.90 bits per heavy atom. The number of carbonyl (C=O) groups excluding carboxylic acids is 2. The average Bonchev–Trinajstić information content (AvgIpc) is 3.27. The molecule has 206 valence electrons. The van der Waals surface area contributed by atoms with E-state index < -0.39 is 11.7 Å². The molecule has 0 unspecified atom stereocenters. The molecule has 3 N–H and O–H groups in total. The van der Waals surface area contributed by atoms with Gasteiger partial charge in [-0.3, -0.25) is 4.79 Å². The number of carbonyl (C=O) groups is 2. The van der Waals surface area contributed by atoms with E-state index in [9.17, 15) is 9.59 Å². The summed E-state index contributed by atoms with van der Waals surface area (Å²) < 4.78 is 10.7. The third kappa shape index (κ3) is 7.18. The molecule has 0 atom stereocenters. The molecule has 1 aliphatic heterocycles. The Morgan fingerprint density at radius 1 is 1.15 bits per heavy atom. The Bertz CT molecular complexity index is 1360. The fourth-order valence-electron chi connectivity index (χ4n) is 4.25. The van der Waals surface area contributed by atoms with Crippen LogP contribution in [0.3, 0.4) is 0 Å². The minimum Gasteiger partial charge on any atom is -0.444 e. The van der Waals surface area contributed by atoms with Gasteiger partial charge in [0.25, 0.3) is 5.89 Å². The minimum absolute atomic E-state index is 0.106. The molecule has 0 saturated carbocycles. The smallest absolute Gasteiger partial charge is 0.408 e. The molecule has 0 aliphatic carbocycles. The van der Waals surface area contributed by atoms with Crippen molar-refractivity contribution < 1.29 is 18.8 Å². The number of ether oxygens (including phenoxy) is 1. The lowest BCUT2D eigenvalue weighted by molar-refractivity contribution is -0.130. The average molecular weight is 534 g/mol. The Morgan fingerprint density at radius 3 is 2.59 bits per heavy atom. The molecular formula is C28H35N7O4. The van der Waals surface area contributed by atoms with Crippen molar-refractivity contribution in [3.05, 3.63) is 47.2 Å². The van der Waals surface area contributed by atoms with Crippen molar-refractivity contribution in [3.63, 3.8) is 0 Å². The second kappa shape index (κ2) is 11.6. The first-order chi connectivity index (χ1) is 18.5. The summed E-state index contributed by atoms with van der Waals surface area (Å²) in [4.78, 5) is 35.4. The lowest BCUT2D eigenvalue weighted by Crippen LogP contribution is -2.42. The molecule has 0 fully saturated rings. The molecule has 3 heterocycles. The van der Waals surface area contributed by atoms with Crippen LogP contribution in [0.25, 0.3) is 22.8 Å². The highest BCUT2D eigenvalue weighted by molar-refractivity contribution is 5.86. The van der Waals surface area contributed by atoms with Gasteiger partial charge in [-0.05, 0) is 70.7 Å². The quantitative estimate of drug-likeness (QED) is 0.385. The van der Waals surface area contributed by atoms with Gasteiger partial charge in [0, 0.05) is 42.7 Å². The first kappa shape index (κ1) is 27.7. The molecule has 1 aromatic carbocycles. The normalized spacial score (nSPS) is 13.4. The predicted molar refractivity (Wildman–Crippen MR) is 148 cm³/mol. The molecule has 1 aliphatic rings. The molecule has 0 bridgehead atoms. The fraction of sp³-hybridized carbons (Fsp3) is 0.429. The molecule has 2 amide bonds. The van der Waals surface area contributed by atoms with E-state index in [1.54, 1.807) is 37.9 Å². The van der Waals surface area contributed by atoms with Crippen molar-refractivity contribution in [2.45, 2.75) is 59.1 Å². The number of aromatic nitrogens is 3. The standard InChI is InChI=1S/C28H35N7O4/c1-17(2)32-24-21(14-29)13-22(15-30-24)26-33-25(34-39-26)20-7-6-18-8-10-35(11-9-19(18)12-20)23(36)16-31-27(37)38-28(3,4)5/h6-7,12-15,17,29H,8-11,16H2,1-5H3,(H,30,32)(H,31,37). The van der Waals surface area contributed by atoms with Crippen LogP contribution < -0.4 is 10.6 Å².